The molecule has 1 fully saturated rings. The Bertz CT molecular complexity index is 447. The molecule has 0 saturated carbocycles. The summed E-state index contributed by atoms with van der Waals surface area (Å²) in [5.74, 6) is -2.05. The average Bonchev–Trinajstić information content (AvgIpc) is 2.26. The molecule has 0 spiro atoms. The molecule has 1 saturated heterocycles. The van der Waals surface area contributed by atoms with Crippen molar-refractivity contribution in [2.45, 2.75) is 38.7 Å². The minimum atomic E-state index is -2.58. The van der Waals surface area contributed by atoms with Gasteiger partial charge in [-0.2, -0.15) is 9.97 Å². The molecule has 1 aliphatic rings. The van der Waals surface area contributed by atoms with Gasteiger partial charge in [0, 0.05) is 32.0 Å². The molecule has 0 bridgehead atoms. The third-order valence-corrected chi connectivity index (χ3v) is 3.01. The zero-order chi connectivity index (χ0) is 14.0. The number of aromatic nitrogens is 2. The van der Waals surface area contributed by atoms with E-state index in [2.05, 4.69) is 9.97 Å². The Morgan fingerprint density at radius 1 is 1.32 bits per heavy atom. The first kappa shape index (κ1) is 14.2. The monoisotopic (exact) mass is 291 g/mol. The van der Waals surface area contributed by atoms with Crippen molar-refractivity contribution in [3.05, 3.63) is 11.2 Å². The second kappa shape index (κ2) is 5.45. The summed E-state index contributed by atoms with van der Waals surface area (Å²) in [6.45, 7) is 4.21. The predicted molar refractivity (Wildman–Crippen MR) is 69.2 cm³/mol. The highest BCUT2D eigenvalue weighted by atomic mass is 35.5. The van der Waals surface area contributed by atoms with E-state index in [-0.39, 0.29) is 43.2 Å². The number of halogens is 3. The third-order valence-electron chi connectivity index (χ3n) is 2.82. The molecule has 19 heavy (non-hydrogen) atoms. The first-order chi connectivity index (χ1) is 8.85. The molecule has 0 radical (unpaired) electrons. The number of piperidine rings is 1. The summed E-state index contributed by atoms with van der Waals surface area (Å²) in [4.78, 5) is 9.94. The van der Waals surface area contributed by atoms with Crippen molar-refractivity contribution < 1.29 is 13.5 Å². The Labute approximate surface area is 115 Å². The van der Waals surface area contributed by atoms with Crippen LogP contribution in [-0.2, 0) is 0 Å². The lowest BCUT2D eigenvalue weighted by Crippen LogP contribution is -2.39. The SMILES string of the molecule is CC(C)Oc1nc(Cl)cc(N2CCC(F)(F)CC2)n1. The van der Waals surface area contributed by atoms with Crippen LogP contribution >= 0.6 is 11.6 Å². The van der Waals surface area contributed by atoms with Gasteiger partial charge in [-0.15, -0.1) is 0 Å². The average molecular weight is 292 g/mol. The lowest BCUT2D eigenvalue weighted by molar-refractivity contribution is -0.0221. The maximum Gasteiger partial charge on any atom is 0.320 e. The molecule has 7 heteroatoms. The van der Waals surface area contributed by atoms with Gasteiger partial charge >= 0.3 is 6.01 Å². The lowest BCUT2D eigenvalue weighted by Gasteiger charge is -2.32. The number of rotatable bonds is 3. The molecule has 1 aromatic rings. The van der Waals surface area contributed by atoms with Crippen LogP contribution in [0.3, 0.4) is 0 Å². The van der Waals surface area contributed by atoms with Gasteiger partial charge in [0.25, 0.3) is 5.92 Å². The Kier molecular flexibility index (Phi) is 4.08. The Balaban J connectivity index is 2.14. The first-order valence-corrected chi connectivity index (χ1v) is 6.57. The highest BCUT2D eigenvalue weighted by Crippen LogP contribution is 2.30. The van der Waals surface area contributed by atoms with Crippen molar-refractivity contribution in [2.75, 3.05) is 18.0 Å². The van der Waals surface area contributed by atoms with Crippen LogP contribution in [0.5, 0.6) is 6.01 Å². The normalized spacial score (nSPS) is 18.7. The smallest absolute Gasteiger partial charge is 0.320 e. The van der Waals surface area contributed by atoms with Crippen molar-refractivity contribution in [1.29, 1.82) is 0 Å². The molecule has 0 unspecified atom stereocenters. The molecular formula is C12H16ClF2N3O. The second-order valence-corrected chi connectivity index (χ2v) is 5.23. The molecule has 0 atom stereocenters. The predicted octanol–water partition coefficient (Wildman–Crippen LogP) is 3.15. The molecule has 0 amide bonds. The van der Waals surface area contributed by atoms with E-state index in [1.807, 2.05) is 13.8 Å². The zero-order valence-electron chi connectivity index (χ0n) is 10.9. The molecule has 1 aliphatic heterocycles. The van der Waals surface area contributed by atoms with Crippen molar-refractivity contribution >= 4 is 17.4 Å². The van der Waals surface area contributed by atoms with Crippen molar-refractivity contribution in [1.82, 2.24) is 9.97 Å². The Morgan fingerprint density at radius 3 is 2.53 bits per heavy atom. The summed E-state index contributed by atoms with van der Waals surface area (Å²) < 4.78 is 31.6. The number of ether oxygens (including phenoxy) is 1. The van der Waals surface area contributed by atoms with E-state index in [1.54, 1.807) is 11.0 Å². The van der Waals surface area contributed by atoms with Gasteiger partial charge in [0.05, 0.1) is 6.10 Å². The van der Waals surface area contributed by atoms with E-state index in [4.69, 9.17) is 16.3 Å². The van der Waals surface area contributed by atoms with Crippen LogP contribution in [0.2, 0.25) is 5.15 Å². The number of alkyl halides is 2. The highest BCUT2D eigenvalue weighted by Gasteiger charge is 2.34. The van der Waals surface area contributed by atoms with Gasteiger partial charge in [0.15, 0.2) is 0 Å². The van der Waals surface area contributed by atoms with Crippen LogP contribution in [-0.4, -0.2) is 35.1 Å². The highest BCUT2D eigenvalue weighted by molar-refractivity contribution is 6.29. The molecule has 4 nitrogen and oxygen atoms in total. The van der Waals surface area contributed by atoms with Crippen molar-refractivity contribution in [3.8, 4) is 6.01 Å². The fourth-order valence-electron chi connectivity index (χ4n) is 1.87. The number of nitrogens with zero attached hydrogens (tertiary/aromatic N) is 3. The van der Waals surface area contributed by atoms with Crippen molar-refractivity contribution in [2.24, 2.45) is 0 Å². The van der Waals surface area contributed by atoms with Gasteiger partial charge in [-0.3, -0.25) is 0 Å². The quantitative estimate of drug-likeness (QED) is 0.802. The molecule has 0 aromatic carbocycles. The van der Waals surface area contributed by atoms with Gasteiger partial charge in [-0.1, -0.05) is 11.6 Å². The van der Waals surface area contributed by atoms with Gasteiger partial charge in [0.2, 0.25) is 0 Å². The summed E-state index contributed by atoms with van der Waals surface area (Å²) in [6, 6.07) is 1.74. The Morgan fingerprint density at radius 2 is 1.95 bits per heavy atom. The van der Waals surface area contributed by atoms with E-state index in [0.29, 0.717) is 5.82 Å². The van der Waals surface area contributed by atoms with E-state index >= 15 is 0 Å². The largest absolute Gasteiger partial charge is 0.461 e. The Hall–Kier alpha value is -1.17. The molecule has 2 rings (SSSR count). The summed E-state index contributed by atoms with van der Waals surface area (Å²) >= 11 is 5.90. The summed E-state index contributed by atoms with van der Waals surface area (Å²) in [7, 11) is 0. The molecule has 0 N–H and O–H groups in total. The summed E-state index contributed by atoms with van der Waals surface area (Å²) in [6.07, 6.45) is -0.415. The van der Waals surface area contributed by atoms with Crippen LogP contribution in [0.4, 0.5) is 14.6 Å². The molecular weight excluding hydrogens is 276 g/mol. The molecule has 106 valence electrons. The second-order valence-electron chi connectivity index (χ2n) is 4.84. The van der Waals surface area contributed by atoms with Gasteiger partial charge in [-0.05, 0) is 13.8 Å². The summed E-state index contributed by atoms with van der Waals surface area (Å²) in [5, 5.41) is 0.248. The van der Waals surface area contributed by atoms with E-state index < -0.39 is 5.92 Å². The number of hydrogen-bond acceptors (Lipinski definition) is 4. The minimum Gasteiger partial charge on any atom is -0.461 e. The summed E-state index contributed by atoms with van der Waals surface area (Å²) in [5.41, 5.74) is 0. The van der Waals surface area contributed by atoms with Crippen LogP contribution in [0.15, 0.2) is 6.07 Å². The lowest BCUT2D eigenvalue weighted by atomic mass is 10.1. The first-order valence-electron chi connectivity index (χ1n) is 6.20. The topological polar surface area (TPSA) is 38.2 Å². The van der Waals surface area contributed by atoms with E-state index in [9.17, 15) is 8.78 Å². The van der Waals surface area contributed by atoms with Crippen LogP contribution in [0, 0.1) is 0 Å². The number of hydrogen-bond donors (Lipinski definition) is 0. The fourth-order valence-corrected chi connectivity index (χ4v) is 2.04. The minimum absolute atomic E-state index is 0.0722. The van der Waals surface area contributed by atoms with Gasteiger partial charge < -0.3 is 9.64 Å². The van der Waals surface area contributed by atoms with Crippen LogP contribution in [0.1, 0.15) is 26.7 Å². The fraction of sp³-hybridized carbons (Fsp3) is 0.667. The maximum atomic E-state index is 13.1. The van der Waals surface area contributed by atoms with Crippen molar-refractivity contribution in [3.63, 3.8) is 0 Å². The molecule has 0 aliphatic carbocycles. The molecule has 2 heterocycles. The van der Waals surface area contributed by atoms with E-state index in [0.717, 1.165) is 0 Å². The molecule has 1 aromatic heterocycles. The third kappa shape index (κ3) is 3.89. The zero-order valence-corrected chi connectivity index (χ0v) is 11.6. The van der Waals surface area contributed by atoms with Gasteiger partial charge in [0.1, 0.15) is 11.0 Å². The standard InChI is InChI=1S/C12H16ClF2N3O/c1-8(2)19-11-16-9(13)7-10(17-11)18-5-3-12(14,15)4-6-18/h7-8H,3-6H2,1-2H3. The van der Waals surface area contributed by atoms with E-state index in [1.165, 1.54) is 0 Å². The number of anilines is 1. The van der Waals surface area contributed by atoms with Gasteiger partial charge in [-0.25, -0.2) is 8.78 Å². The van der Waals surface area contributed by atoms with Crippen LogP contribution in [0.25, 0.3) is 0 Å². The van der Waals surface area contributed by atoms with Crippen LogP contribution < -0.4 is 9.64 Å². The maximum absolute atomic E-state index is 13.1.